The average Bonchev–Trinajstić information content (AvgIpc) is 3.25. The minimum absolute atomic E-state index is 0.202. The van der Waals surface area contributed by atoms with Crippen LogP contribution < -0.4 is 10.6 Å². The minimum Gasteiger partial charge on any atom is -0.459 e. The number of amides is 1. The summed E-state index contributed by atoms with van der Waals surface area (Å²) in [4.78, 5) is 20.9. The summed E-state index contributed by atoms with van der Waals surface area (Å²) < 4.78 is 5.07. The number of rotatable bonds is 6. The summed E-state index contributed by atoms with van der Waals surface area (Å²) >= 11 is 0. The fraction of sp³-hybridized carbons (Fsp3) is 0.400. The summed E-state index contributed by atoms with van der Waals surface area (Å²) in [5.41, 5.74) is 1.35. The number of piperazine rings is 1. The van der Waals surface area contributed by atoms with Crippen LogP contribution in [0, 0.1) is 0 Å². The molecule has 1 aromatic heterocycles. The average molecular weight is 369 g/mol. The monoisotopic (exact) mass is 369 g/mol. The molecule has 1 saturated heterocycles. The molecule has 0 spiro atoms. The number of nitrogens with zero attached hydrogens (tertiary/aromatic N) is 3. The number of benzene rings is 1. The van der Waals surface area contributed by atoms with Gasteiger partial charge in [-0.1, -0.05) is 30.3 Å². The van der Waals surface area contributed by atoms with Crippen molar-refractivity contribution in [1.82, 2.24) is 20.4 Å². The van der Waals surface area contributed by atoms with E-state index in [9.17, 15) is 4.79 Å². The molecule has 1 aromatic carbocycles. The van der Waals surface area contributed by atoms with Crippen molar-refractivity contribution in [3.8, 4) is 0 Å². The maximum absolute atomic E-state index is 11.8. The van der Waals surface area contributed by atoms with Gasteiger partial charge in [0.25, 0.3) is 5.91 Å². The molecule has 7 heteroatoms. The van der Waals surface area contributed by atoms with E-state index < -0.39 is 0 Å². The van der Waals surface area contributed by atoms with Gasteiger partial charge in [0.15, 0.2) is 11.7 Å². The second kappa shape index (κ2) is 9.78. The molecule has 0 aliphatic carbocycles. The summed E-state index contributed by atoms with van der Waals surface area (Å²) in [5.74, 6) is 1.00. The lowest BCUT2D eigenvalue weighted by atomic mass is 10.2. The van der Waals surface area contributed by atoms with Crippen LogP contribution in [0.4, 0.5) is 0 Å². The predicted octanol–water partition coefficient (Wildman–Crippen LogP) is 1.40. The highest BCUT2D eigenvalue weighted by Gasteiger charge is 2.19. The van der Waals surface area contributed by atoms with Gasteiger partial charge in [-0.3, -0.25) is 14.7 Å². The Morgan fingerprint density at radius 2 is 1.78 bits per heavy atom. The van der Waals surface area contributed by atoms with Crippen molar-refractivity contribution in [3.63, 3.8) is 0 Å². The Labute approximate surface area is 160 Å². The van der Waals surface area contributed by atoms with Crippen molar-refractivity contribution in [3.05, 3.63) is 60.1 Å². The van der Waals surface area contributed by atoms with Crippen molar-refractivity contribution in [2.45, 2.75) is 6.54 Å². The zero-order valence-corrected chi connectivity index (χ0v) is 15.7. The number of carbonyl (C=O) groups excluding carboxylic acids is 1. The molecule has 3 rings (SSSR count). The summed E-state index contributed by atoms with van der Waals surface area (Å²) in [6.07, 6.45) is 1.49. The second-order valence-electron chi connectivity index (χ2n) is 6.46. The third-order valence-corrected chi connectivity index (χ3v) is 4.57. The first-order chi connectivity index (χ1) is 13.3. The Morgan fingerprint density at radius 1 is 1.04 bits per heavy atom. The first-order valence-corrected chi connectivity index (χ1v) is 9.30. The molecule has 0 radical (unpaired) electrons. The molecule has 27 heavy (non-hydrogen) atoms. The van der Waals surface area contributed by atoms with Crippen LogP contribution >= 0.6 is 0 Å². The largest absolute Gasteiger partial charge is 0.459 e. The van der Waals surface area contributed by atoms with E-state index in [-0.39, 0.29) is 5.91 Å². The predicted molar refractivity (Wildman–Crippen MR) is 106 cm³/mol. The van der Waals surface area contributed by atoms with Gasteiger partial charge >= 0.3 is 0 Å². The fourth-order valence-electron chi connectivity index (χ4n) is 3.14. The second-order valence-corrected chi connectivity index (χ2v) is 6.46. The number of carbonyl (C=O) groups is 1. The quantitative estimate of drug-likeness (QED) is 0.458. The van der Waals surface area contributed by atoms with E-state index in [1.807, 2.05) is 6.07 Å². The number of furan rings is 1. The van der Waals surface area contributed by atoms with Crippen molar-refractivity contribution in [2.24, 2.45) is 4.99 Å². The van der Waals surface area contributed by atoms with E-state index in [0.29, 0.717) is 18.8 Å². The van der Waals surface area contributed by atoms with E-state index in [1.54, 1.807) is 19.2 Å². The van der Waals surface area contributed by atoms with Gasteiger partial charge in [-0.15, -0.1) is 0 Å². The van der Waals surface area contributed by atoms with Gasteiger partial charge < -0.3 is 20.0 Å². The Hall–Kier alpha value is -2.80. The molecule has 1 aliphatic rings. The SMILES string of the molecule is CN=C(NCCNC(=O)c1ccco1)N1CCN(Cc2ccccc2)CC1. The van der Waals surface area contributed by atoms with Crippen molar-refractivity contribution in [1.29, 1.82) is 0 Å². The molecule has 144 valence electrons. The Kier molecular flexibility index (Phi) is 6.87. The Morgan fingerprint density at radius 3 is 2.44 bits per heavy atom. The first-order valence-electron chi connectivity index (χ1n) is 9.30. The number of guanidine groups is 1. The molecule has 2 N–H and O–H groups in total. The van der Waals surface area contributed by atoms with E-state index in [1.165, 1.54) is 11.8 Å². The van der Waals surface area contributed by atoms with E-state index >= 15 is 0 Å². The van der Waals surface area contributed by atoms with Crippen LogP contribution in [0.15, 0.2) is 58.1 Å². The maximum Gasteiger partial charge on any atom is 0.287 e. The lowest BCUT2D eigenvalue weighted by Crippen LogP contribution is -2.52. The van der Waals surface area contributed by atoms with Crippen LogP contribution in [0.5, 0.6) is 0 Å². The lowest BCUT2D eigenvalue weighted by molar-refractivity contribution is 0.0926. The molecule has 0 saturated carbocycles. The van der Waals surface area contributed by atoms with Crippen LogP contribution in [-0.2, 0) is 6.54 Å². The maximum atomic E-state index is 11.8. The van der Waals surface area contributed by atoms with Crippen molar-refractivity contribution >= 4 is 11.9 Å². The standard InChI is InChI=1S/C20H27N5O2/c1-21-20(23-10-9-22-19(26)18-8-5-15-27-18)25-13-11-24(12-14-25)16-17-6-3-2-4-7-17/h2-8,15H,9-14,16H2,1H3,(H,21,23)(H,22,26). The summed E-state index contributed by atoms with van der Waals surface area (Å²) in [6.45, 7) is 5.99. The van der Waals surface area contributed by atoms with Crippen LogP contribution in [-0.4, -0.2) is 68.0 Å². The van der Waals surface area contributed by atoms with Gasteiger partial charge in [0.2, 0.25) is 0 Å². The summed E-state index contributed by atoms with van der Waals surface area (Å²) in [7, 11) is 1.79. The third kappa shape index (κ3) is 5.59. The van der Waals surface area contributed by atoms with Crippen LogP contribution in [0.2, 0.25) is 0 Å². The van der Waals surface area contributed by atoms with Crippen molar-refractivity contribution < 1.29 is 9.21 Å². The van der Waals surface area contributed by atoms with Gasteiger partial charge in [-0.25, -0.2) is 0 Å². The van der Waals surface area contributed by atoms with Gasteiger partial charge in [0.1, 0.15) is 0 Å². The van der Waals surface area contributed by atoms with Gasteiger partial charge in [0, 0.05) is 52.9 Å². The molecule has 2 aromatic rings. The van der Waals surface area contributed by atoms with Crippen LogP contribution in [0.3, 0.4) is 0 Å². The van der Waals surface area contributed by atoms with E-state index in [0.717, 1.165) is 38.7 Å². The number of hydrogen-bond donors (Lipinski definition) is 2. The number of aliphatic imine (C=N–C) groups is 1. The van der Waals surface area contributed by atoms with Gasteiger partial charge in [0.05, 0.1) is 6.26 Å². The molecular weight excluding hydrogens is 342 g/mol. The molecule has 0 atom stereocenters. The van der Waals surface area contributed by atoms with Gasteiger partial charge in [-0.05, 0) is 17.7 Å². The molecular formula is C20H27N5O2. The van der Waals surface area contributed by atoms with Crippen molar-refractivity contribution in [2.75, 3.05) is 46.3 Å². The molecule has 0 unspecified atom stereocenters. The topological polar surface area (TPSA) is 73.1 Å². The molecule has 2 heterocycles. The first kappa shape index (κ1) is 19.0. The zero-order valence-electron chi connectivity index (χ0n) is 15.7. The highest BCUT2D eigenvalue weighted by Crippen LogP contribution is 2.08. The Balaban J connectivity index is 1.37. The van der Waals surface area contributed by atoms with E-state index in [4.69, 9.17) is 4.42 Å². The van der Waals surface area contributed by atoms with Gasteiger partial charge in [-0.2, -0.15) is 0 Å². The molecule has 1 fully saturated rings. The van der Waals surface area contributed by atoms with E-state index in [2.05, 4.69) is 49.7 Å². The molecule has 0 bridgehead atoms. The molecule has 7 nitrogen and oxygen atoms in total. The highest BCUT2D eigenvalue weighted by atomic mass is 16.3. The smallest absolute Gasteiger partial charge is 0.287 e. The third-order valence-electron chi connectivity index (χ3n) is 4.57. The van der Waals surface area contributed by atoms with Crippen LogP contribution in [0.25, 0.3) is 0 Å². The summed E-state index contributed by atoms with van der Waals surface area (Å²) in [6, 6.07) is 13.9. The highest BCUT2D eigenvalue weighted by molar-refractivity contribution is 5.91. The zero-order chi connectivity index (χ0) is 18.9. The van der Waals surface area contributed by atoms with Crippen LogP contribution in [0.1, 0.15) is 16.1 Å². The lowest BCUT2D eigenvalue weighted by Gasteiger charge is -2.36. The molecule has 1 amide bonds. The summed E-state index contributed by atoms with van der Waals surface area (Å²) in [5, 5.41) is 6.14. The Bertz CT molecular complexity index is 722. The minimum atomic E-state index is -0.202. The number of nitrogens with one attached hydrogen (secondary N) is 2. The normalized spacial score (nSPS) is 15.6. The molecule has 1 aliphatic heterocycles. The number of hydrogen-bond acceptors (Lipinski definition) is 4. The fourth-order valence-corrected chi connectivity index (χ4v) is 3.14.